The molecule has 4 heteroatoms. The predicted octanol–water partition coefficient (Wildman–Crippen LogP) is 3.03. The van der Waals surface area contributed by atoms with E-state index in [4.69, 9.17) is 33.7 Å². The van der Waals surface area contributed by atoms with Crippen molar-refractivity contribution in [1.82, 2.24) is 0 Å². The zero-order valence-electron chi connectivity index (χ0n) is 7.97. The highest BCUT2D eigenvalue weighted by Gasteiger charge is 2.07. The summed E-state index contributed by atoms with van der Waals surface area (Å²) in [6.07, 6.45) is 0.772. The van der Waals surface area contributed by atoms with E-state index in [1.165, 1.54) is 0 Å². The van der Waals surface area contributed by atoms with Crippen LogP contribution in [-0.4, -0.2) is 13.7 Å². The summed E-state index contributed by atoms with van der Waals surface area (Å²) in [5.74, 6) is 0. The van der Waals surface area contributed by atoms with Crippen molar-refractivity contribution >= 4 is 23.2 Å². The van der Waals surface area contributed by atoms with Gasteiger partial charge in [0.2, 0.25) is 0 Å². The number of nitrogens with two attached hydrogens (primary N) is 1. The van der Waals surface area contributed by atoms with Crippen LogP contribution in [-0.2, 0) is 4.74 Å². The maximum atomic E-state index is 5.92. The smallest absolute Gasteiger partial charge is 0.0595 e. The van der Waals surface area contributed by atoms with Gasteiger partial charge in [-0.15, -0.1) is 0 Å². The number of hydrogen-bond acceptors (Lipinski definition) is 2. The predicted molar refractivity (Wildman–Crippen MR) is 59.9 cm³/mol. The molecule has 0 aliphatic heterocycles. The van der Waals surface area contributed by atoms with Crippen LogP contribution in [0, 0.1) is 0 Å². The molecule has 1 atom stereocenters. The van der Waals surface area contributed by atoms with Gasteiger partial charge in [0, 0.05) is 19.8 Å². The molecule has 1 rings (SSSR count). The molecule has 0 aliphatic carbocycles. The molecule has 0 aromatic heterocycles. The highest BCUT2D eigenvalue weighted by molar-refractivity contribution is 6.42. The quantitative estimate of drug-likeness (QED) is 0.868. The lowest BCUT2D eigenvalue weighted by Crippen LogP contribution is -2.12. The van der Waals surface area contributed by atoms with Crippen LogP contribution in [0.4, 0.5) is 0 Å². The first-order chi connectivity index (χ1) is 6.65. The van der Waals surface area contributed by atoms with Crippen LogP contribution in [0.5, 0.6) is 0 Å². The molecule has 0 spiro atoms. The highest BCUT2D eigenvalue weighted by atomic mass is 35.5. The molecule has 0 fully saturated rings. The molecule has 0 saturated carbocycles. The molecule has 0 radical (unpaired) electrons. The number of rotatable bonds is 4. The van der Waals surface area contributed by atoms with Crippen LogP contribution < -0.4 is 5.73 Å². The number of methoxy groups -OCH3 is 1. The summed E-state index contributed by atoms with van der Waals surface area (Å²) in [5, 5.41) is 1.09. The maximum Gasteiger partial charge on any atom is 0.0595 e. The monoisotopic (exact) mass is 233 g/mol. The Morgan fingerprint density at radius 1 is 1.36 bits per heavy atom. The lowest BCUT2D eigenvalue weighted by Gasteiger charge is -2.11. The summed E-state index contributed by atoms with van der Waals surface area (Å²) >= 11 is 11.7. The Bertz CT molecular complexity index is 304. The van der Waals surface area contributed by atoms with Gasteiger partial charge in [-0.25, -0.2) is 0 Å². The summed E-state index contributed by atoms with van der Waals surface area (Å²) in [6, 6.07) is 5.38. The molecule has 2 nitrogen and oxygen atoms in total. The Morgan fingerprint density at radius 3 is 2.64 bits per heavy atom. The number of ether oxygens (including phenoxy) is 1. The van der Waals surface area contributed by atoms with Crippen LogP contribution in [0.25, 0.3) is 0 Å². The fraction of sp³-hybridized carbons (Fsp3) is 0.400. The van der Waals surface area contributed by atoms with Crippen LogP contribution >= 0.6 is 23.2 Å². The van der Waals surface area contributed by atoms with E-state index in [2.05, 4.69) is 0 Å². The first kappa shape index (κ1) is 11.8. The Balaban J connectivity index is 2.70. The fourth-order valence-corrected chi connectivity index (χ4v) is 1.46. The van der Waals surface area contributed by atoms with Crippen LogP contribution in [0.1, 0.15) is 18.0 Å². The van der Waals surface area contributed by atoms with Gasteiger partial charge in [-0.05, 0) is 24.1 Å². The summed E-state index contributed by atoms with van der Waals surface area (Å²) in [4.78, 5) is 0. The molecule has 0 heterocycles. The second-order valence-electron chi connectivity index (χ2n) is 3.06. The fourth-order valence-electron chi connectivity index (χ4n) is 1.15. The Morgan fingerprint density at radius 2 is 2.07 bits per heavy atom. The molecule has 14 heavy (non-hydrogen) atoms. The minimum Gasteiger partial charge on any atom is -0.385 e. The van der Waals surface area contributed by atoms with E-state index in [1.54, 1.807) is 19.2 Å². The van der Waals surface area contributed by atoms with Crippen molar-refractivity contribution in [2.45, 2.75) is 12.5 Å². The van der Waals surface area contributed by atoms with Crippen molar-refractivity contribution in [3.8, 4) is 0 Å². The van der Waals surface area contributed by atoms with E-state index in [9.17, 15) is 0 Å². The normalized spacial score (nSPS) is 12.9. The van der Waals surface area contributed by atoms with Gasteiger partial charge in [-0.1, -0.05) is 29.3 Å². The van der Waals surface area contributed by atoms with E-state index < -0.39 is 0 Å². The topological polar surface area (TPSA) is 35.2 Å². The number of halogens is 2. The van der Waals surface area contributed by atoms with E-state index >= 15 is 0 Å². The number of benzene rings is 1. The first-order valence-electron chi connectivity index (χ1n) is 4.34. The summed E-state index contributed by atoms with van der Waals surface area (Å²) in [6.45, 7) is 0.640. The van der Waals surface area contributed by atoms with E-state index in [0.29, 0.717) is 16.7 Å². The molecular formula is C10H13Cl2NO. The van der Waals surface area contributed by atoms with E-state index in [-0.39, 0.29) is 6.04 Å². The Kier molecular flexibility index (Phi) is 4.69. The molecule has 0 aliphatic rings. The third kappa shape index (κ3) is 3.14. The van der Waals surface area contributed by atoms with Crippen molar-refractivity contribution in [3.63, 3.8) is 0 Å². The van der Waals surface area contributed by atoms with Gasteiger partial charge in [0.05, 0.1) is 10.0 Å². The zero-order chi connectivity index (χ0) is 10.6. The molecule has 2 N–H and O–H groups in total. The lowest BCUT2D eigenvalue weighted by molar-refractivity contribution is 0.188. The minimum atomic E-state index is -0.0512. The van der Waals surface area contributed by atoms with Crippen molar-refractivity contribution in [1.29, 1.82) is 0 Å². The van der Waals surface area contributed by atoms with E-state index in [0.717, 1.165) is 12.0 Å². The van der Waals surface area contributed by atoms with Gasteiger partial charge in [0.15, 0.2) is 0 Å². The number of hydrogen-bond donors (Lipinski definition) is 1. The lowest BCUT2D eigenvalue weighted by atomic mass is 10.1. The average Bonchev–Trinajstić information content (AvgIpc) is 2.18. The second-order valence-corrected chi connectivity index (χ2v) is 3.88. The molecule has 0 bridgehead atoms. The Hall–Kier alpha value is -0.280. The van der Waals surface area contributed by atoms with Crippen molar-refractivity contribution in [2.24, 2.45) is 5.73 Å². The molecule has 1 aromatic rings. The molecule has 1 aromatic carbocycles. The standard InChI is InChI=1S/C10H13Cl2NO/c1-14-5-4-10(13)7-2-3-8(11)9(12)6-7/h2-3,6,10H,4-5,13H2,1H3/t10-/m1/s1. The average molecular weight is 234 g/mol. The molecule has 0 saturated heterocycles. The van der Waals surface area contributed by atoms with Crippen LogP contribution in [0.15, 0.2) is 18.2 Å². The van der Waals surface area contributed by atoms with Gasteiger partial charge in [0.25, 0.3) is 0 Å². The third-order valence-corrected chi connectivity index (χ3v) is 2.74. The van der Waals surface area contributed by atoms with Crippen molar-refractivity contribution < 1.29 is 4.74 Å². The molecule has 78 valence electrons. The zero-order valence-corrected chi connectivity index (χ0v) is 9.48. The van der Waals surface area contributed by atoms with Gasteiger partial charge in [-0.2, -0.15) is 0 Å². The molecule has 0 unspecified atom stereocenters. The summed E-state index contributed by atoms with van der Waals surface area (Å²) < 4.78 is 4.95. The second kappa shape index (κ2) is 5.56. The van der Waals surface area contributed by atoms with Crippen LogP contribution in [0.2, 0.25) is 10.0 Å². The molecular weight excluding hydrogens is 221 g/mol. The minimum absolute atomic E-state index is 0.0512. The van der Waals surface area contributed by atoms with Gasteiger partial charge in [-0.3, -0.25) is 0 Å². The highest BCUT2D eigenvalue weighted by Crippen LogP contribution is 2.25. The largest absolute Gasteiger partial charge is 0.385 e. The first-order valence-corrected chi connectivity index (χ1v) is 5.10. The van der Waals surface area contributed by atoms with Gasteiger partial charge < -0.3 is 10.5 Å². The van der Waals surface area contributed by atoms with Crippen molar-refractivity contribution in [2.75, 3.05) is 13.7 Å². The maximum absolute atomic E-state index is 5.92. The summed E-state index contributed by atoms with van der Waals surface area (Å²) in [7, 11) is 1.65. The van der Waals surface area contributed by atoms with Crippen molar-refractivity contribution in [3.05, 3.63) is 33.8 Å². The molecule has 0 amide bonds. The third-order valence-electron chi connectivity index (χ3n) is 2.00. The Labute approximate surface area is 94.0 Å². The van der Waals surface area contributed by atoms with Gasteiger partial charge in [0.1, 0.15) is 0 Å². The van der Waals surface area contributed by atoms with Crippen LogP contribution in [0.3, 0.4) is 0 Å². The summed E-state index contributed by atoms with van der Waals surface area (Å²) in [5.41, 5.74) is 6.90. The van der Waals surface area contributed by atoms with Gasteiger partial charge >= 0.3 is 0 Å². The SMILES string of the molecule is COCC[C@@H](N)c1ccc(Cl)c(Cl)c1. The van der Waals surface area contributed by atoms with E-state index in [1.807, 2.05) is 6.07 Å².